The van der Waals surface area contributed by atoms with E-state index < -0.39 is 0 Å². The van der Waals surface area contributed by atoms with Gasteiger partial charge in [0.1, 0.15) is 0 Å². The Morgan fingerprint density at radius 2 is 1.23 bits per heavy atom. The van der Waals surface area contributed by atoms with Gasteiger partial charge in [-0.2, -0.15) is 0 Å². The van der Waals surface area contributed by atoms with Gasteiger partial charge in [0.25, 0.3) is 0 Å². The fourth-order valence-electron chi connectivity index (χ4n) is 6.60. The molecule has 7 aromatic rings. The molecule has 1 nitrogen and oxygen atoms in total. The van der Waals surface area contributed by atoms with Crippen LogP contribution in [0.2, 0.25) is 0 Å². The SMILES string of the molecule is CC1(C)c2ccccc2-c2cccc(-c3ccc(Nc4cccc5c4sc4c6ccccc6ccc54)cc3)c21. The zero-order valence-electron chi connectivity index (χ0n) is 22.0. The van der Waals surface area contributed by atoms with E-state index in [4.69, 9.17) is 0 Å². The molecule has 2 heteroatoms. The number of nitrogens with one attached hydrogen (secondary N) is 1. The monoisotopic (exact) mass is 517 g/mol. The molecular formula is C37H27NS. The lowest BCUT2D eigenvalue weighted by atomic mass is 9.79. The molecule has 0 radical (unpaired) electrons. The van der Waals surface area contributed by atoms with Crippen LogP contribution >= 0.6 is 11.3 Å². The van der Waals surface area contributed by atoms with Crippen molar-refractivity contribution in [3.05, 3.63) is 132 Å². The number of anilines is 2. The molecule has 0 spiro atoms. The van der Waals surface area contributed by atoms with Crippen molar-refractivity contribution in [1.29, 1.82) is 0 Å². The Morgan fingerprint density at radius 1 is 0.538 bits per heavy atom. The first-order chi connectivity index (χ1) is 19.1. The van der Waals surface area contributed by atoms with E-state index in [1.807, 2.05) is 11.3 Å². The molecule has 186 valence electrons. The second-order valence-corrected chi connectivity index (χ2v) is 12.1. The van der Waals surface area contributed by atoms with Crippen LogP contribution in [0.3, 0.4) is 0 Å². The second kappa shape index (κ2) is 8.30. The molecule has 6 aromatic carbocycles. The maximum absolute atomic E-state index is 3.73. The van der Waals surface area contributed by atoms with E-state index in [9.17, 15) is 0 Å². The van der Waals surface area contributed by atoms with Crippen LogP contribution in [0.5, 0.6) is 0 Å². The molecule has 0 saturated carbocycles. The Bertz CT molecular complexity index is 2060. The van der Waals surface area contributed by atoms with Gasteiger partial charge < -0.3 is 5.32 Å². The Kier molecular flexibility index (Phi) is 4.80. The van der Waals surface area contributed by atoms with Gasteiger partial charge in [-0.15, -0.1) is 11.3 Å². The number of benzene rings is 6. The number of rotatable bonds is 3. The smallest absolute Gasteiger partial charge is 0.0590 e. The maximum atomic E-state index is 3.73. The minimum Gasteiger partial charge on any atom is -0.354 e. The minimum absolute atomic E-state index is 0.0273. The summed E-state index contributed by atoms with van der Waals surface area (Å²) in [6, 6.07) is 44.3. The van der Waals surface area contributed by atoms with Crippen LogP contribution in [0.1, 0.15) is 25.0 Å². The van der Waals surface area contributed by atoms with Crippen molar-refractivity contribution in [1.82, 2.24) is 0 Å². The summed E-state index contributed by atoms with van der Waals surface area (Å²) in [4.78, 5) is 0. The predicted molar refractivity (Wildman–Crippen MR) is 170 cm³/mol. The molecule has 1 heterocycles. The van der Waals surface area contributed by atoms with Crippen LogP contribution < -0.4 is 5.32 Å². The maximum Gasteiger partial charge on any atom is 0.0590 e. The Morgan fingerprint density at radius 3 is 2.13 bits per heavy atom. The van der Waals surface area contributed by atoms with Crippen molar-refractivity contribution in [3.8, 4) is 22.3 Å². The summed E-state index contributed by atoms with van der Waals surface area (Å²) >= 11 is 1.88. The Balaban J connectivity index is 1.18. The highest BCUT2D eigenvalue weighted by Crippen LogP contribution is 2.52. The third-order valence-corrected chi connectivity index (χ3v) is 9.73. The van der Waals surface area contributed by atoms with E-state index in [0.717, 1.165) is 11.4 Å². The van der Waals surface area contributed by atoms with Crippen LogP contribution in [-0.2, 0) is 5.41 Å². The summed E-state index contributed by atoms with van der Waals surface area (Å²) < 4.78 is 2.66. The van der Waals surface area contributed by atoms with Crippen molar-refractivity contribution < 1.29 is 0 Å². The third-order valence-electron chi connectivity index (χ3n) is 8.44. The van der Waals surface area contributed by atoms with E-state index >= 15 is 0 Å². The average molecular weight is 518 g/mol. The molecule has 0 amide bonds. The zero-order chi connectivity index (χ0) is 26.1. The standard InChI is InChI=1S/C37H27NS/c1-37(2)32-15-6-5-11-28(32)29-13-7-12-26(34(29)37)24-17-20-25(21-18-24)38-33-16-8-14-30-31-22-19-23-9-3-4-10-27(23)35(31)39-36(30)33/h3-22,38H,1-2H3. The summed E-state index contributed by atoms with van der Waals surface area (Å²) in [5, 5.41) is 8.98. The first kappa shape index (κ1) is 22.6. The van der Waals surface area contributed by atoms with Crippen LogP contribution in [0.15, 0.2) is 121 Å². The van der Waals surface area contributed by atoms with Gasteiger partial charge in [0.2, 0.25) is 0 Å². The van der Waals surface area contributed by atoms with Gasteiger partial charge in [0.15, 0.2) is 0 Å². The molecular weight excluding hydrogens is 490 g/mol. The van der Waals surface area contributed by atoms with Crippen LogP contribution in [0, 0.1) is 0 Å². The van der Waals surface area contributed by atoms with Gasteiger partial charge in [-0.3, -0.25) is 0 Å². The highest BCUT2D eigenvalue weighted by atomic mass is 32.1. The van der Waals surface area contributed by atoms with Crippen molar-refractivity contribution in [2.24, 2.45) is 0 Å². The molecule has 1 N–H and O–H groups in total. The van der Waals surface area contributed by atoms with E-state index in [-0.39, 0.29) is 5.41 Å². The summed E-state index contributed by atoms with van der Waals surface area (Å²) in [5.74, 6) is 0. The van der Waals surface area contributed by atoms with Gasteiger partial charge in [0.05, 0.1) is 10.4 Å². The summed E-state index contributed by atoms with van der Waals surface area (Å²) in [5.41, 5.74) is 10.4. The molecule has 0 atom stereocenters. The molecule has 1 aliphatic rings. The number of hydrogen-bond donors (Lipinski definition) is 1. The summed E-state index contributed by atoms with van der Waals surface area (Å²) in [6.07, 6.45) is 0. The van der Waals surface area contributed by atoms with Gasteiger partial charge in [-0.05, 0) is 62.4 Å². The van der Waals surface area contributed by atoms with Crippen LogP contribution in [0.4, 0.5) is 11.4 Å². The number of thiophene rings is 1. The highest BCUT2D eigenvalue weighted by Gasteiger charge is 2.37. The molecule has 0 aliphatic heterocycles. The largest absolute Gasteiger partial charge is 0.354 e. The van der Waals surface area contributed by atoms with E-state index in [1.54, 1.807) is 0 Å². The Labute approximate surface area is 232 Å². The quantitative estimate of drug-likeness (QED) is 0.246. The average Bonchev–Trinajstić information content (AvgIpc) is 3.48. The number of hydrogen-bond acceptors (Lipinski definition) is 2. The van der Waals surface area contributed by atoms with Gasteiger partial charge >= 0.3 is 0 Å². The molecule has 39 heavy (non-hydrogen) atoms. The molecule has 0 saturated heterocycles. The van der Waals surface area contributed by atoms with Crippen molar-refractivity contribution in [2.45, 2.75) is 19.3 Å². The Hall–Kier alpha value is -4.40. The van der Waals surface area contributed by atoms with Crippen LogP contribution in [-0.4, -0.2) is 0 Å². The number of fused-ring (bicyclic) bond motifs is 8. The molecule has 0 bridgehead atoms. The lowest BCUT2D eigenvalue weighted by Gasteiger charge is -2.24. The molecule has 1 aliphatic carbocycles. The van der Waals surface area contributed by atoms with Crippen LogP contribution in [0.25, 0.3) is 53.2 Å². The van der Waals surface area contributed by atoms with E-state index in [1.165, 1.54) is 64.3 Å². The fourth-order valence-corrected chi connectivity index (χ4v) is 7.91. The summed E-state index contributed by atoms with van der Waals surface area (Å²) in [7, 11) is 0. The predicted octanol–water partition coefficient (Wildman–Crippen LogP) is 10.9. The van der Waals surface area contributed by atoms with Crippen molar-refractivity contribution in [2.75, 3.05) is 5.32 Å². The van der Waals surface area contributed by atoms with E-state index in [2.05, 4.69) is 140 Å². The normalized spacial score (nSPS) is 13.6. The fraction of sp³-hybridized carbons (Fsp3) is 0.0811. The molecule has 0 unspecified atom stereocenters. The van der Waals surface area contributed by atoms with Crippen molar-refractivity contribution in [3.63, 3.8) is 0 Å². The first-order valence-corrected chi connectivity index (χ1v) is 14.3. The van der Waals surface area contributed by atoms with E-state index in [0.29, 0.717) is 0 Å². The van der Waals surface area contributed by atoms with Gasteiger partial charge in [-0.25, -0.2) is 0 Å². The van der Waals surface area contributed by atoms with Gasteiger partial charge in [-0.1, -0.05) is 117 Å². The highest BCUT2D eigenvalue weighted by molar-refractivity contribution is 7.27. The topological polar surface area (TPSA) is 12.0 Å². The zero-order valence-corrected chi connectivity index (χ0v) is 22.8. The molecule has 1 aromatic heterocycles. The third kappa shape index (κ3) is 3.32. The minimum atomic E-state index is -0.0273. The second-order valence-electron chi connectivity index (χ2n) is 11.0. The lowest BCUT2D eigenvalue weighted by molar-refractivity contribution is 0.662. The van der Waals surface area contributed by atoms with Gasteiger partial charge in [0, 0.05) is 26.6 Å². The lowest BCUT2D eigenvalue weighted by Crippen LogP contribution is -2.16. The molecule has 8 rings (SSSR count). The molecule has 0 fully saturated rings. The first-order valence-electron chi connectivity index (χ1n) is 13.5. The van der Waals surface area contributed by atoms with Crippen molar-refractivity contribution >= 4 is 53.7 Å². The summed E-state index contributed by atoms with van der Waals surface area (Å²) in [6.45, 7) is 4.71.